The molecule has 4 atom stereocenters. The molecular formula is C11H15NO4. The van der Waals surface area contributed by atoms with Gasteiger partial charge in [0.25, 0.3) is 0 Å². The Morgan fingerprint density at radius 2 is 1.69 bits per heavy atom. The number of aliphatic carboxylic acids is 1. The first-order valence-corrected chi connectivity index (χ1v) is 5.85. The summed E-state index contributed by atoms with van der Waals surface area (Å²) in [4.78, 5) is 23.1. The van der Waals surface area contributed by atoms with Crippen LogP contribution in [0.4, 0.5) is 0 Å². The summed E-state index contributed by atoms with van der Waals surface area (Å²) < 4.78 is 5.54. The molecule has 3 aliphatic rings. The molecule has 0 spiro atoms. The molecule has 2 heterocycles. The number of hydrogen-bond donors (Lipinski definition) is 2. The van der Waals surface area contributed by atoms with Gasteiger partial charge in [0.2, 0.25) is 5.91 Å². The van der Waals surface area contributed by atoms with Crippen molar-refractivity contribution in [2.75, 3.05) is 0 Å². The van der Waals surface area contributed by atoms with Crippen LogP contribution in [0.25, 0.3) is 0 Å². The second-order valence-corrected chi connectivity index (χ2v) is 4.96. The summed E-state index contributed by atoms with van der Waals surface area (Å²) in [6.07, 6.45) is 3.20. The number of hydrogen-bond acceptors (Lipinski definition) is 3. The van der Waals surface area contributed by atoms with Crippen molar-refractivity contribution in [2.45, 2.75) is 43.9 Å². The molecule has 0 aromatic heterocycles. The van der Waals surface area contributed by atoms with E-state index in [2.05, 4.69) is 5.32 Å². The number of fused-ring (bicyclic) bond motifs is 2. The maximum Gasteiger partial charge on any atom is 0.310 e. The monoisotopic (exact) mass is 225 g/mol. The summed E-state index contributed by atoms with van der Waals surface area (Å²) in [5.74, 6) is -2.14. The summed E-state index contributed by atoms with van der Waals surface area (Å²) >= 11 is 0. The van der Waals surface area contributed by atoms with Crippen molar-refractivity contribution >= 4 is 11.9 Å². The third kappa shape index (κ3) is 1.50. The van der Waals surface area contributed by atoms with Crippen LogP contribution in [0.15, 0.2) is 0 Å². The number of carboxylic acids is 1. The van der Waals surface area contributed by atoms with Gasteiger partial charge >= 0.3 is 5.97 Å². The summed E-state index contributed by atoms with van der Waals surface area (Å²) in [6.45, 7) is 0. The summed E-state index contributed by atoms with van der Waals surface area (Å²) in [5, 5.41) is 12.0. The lowest BCUT2D eigenvalue weighted by atomic mass is 9.78. The highest BCUT2D eigenvalue weighted by molar-refractivity contribution is 5.86. The van der Waals surface area contributed by atoms with Crippen LogP contribution in [-0.4, -0.2) is 35.2 Å². The second kappa shape index (κ2) is 3.45. The van der Waals surface area contributed by atoms with Gasteiger partial charge in [-0.2, -0.15) is 0 Å². The first-order valence-electron chi connectivity index (χ1n) is 5.85. The highest BCUT2D eigenvalue weighted by atomic mass is 16.5. The molecule has 0 aromatic carbocycles. The molecule has 3 fully saturated rings. The summed E-state index contributed by atoms with van der Waals surface area (Å²) in [7, 11) is 0. The van der Waals surface area contributed by atoms with Gasteiger partial charge < -0.3 is 15.2 Å². The van der Waals surface area contributed by atoms with E-state index in [1.165, 1.54) is 0 Å². The van der Waals surface area contributed by atoms with Crippen molar-refractivity contribution in [1.29, 1.82) is 0 Å². The normalized spacial score (nSPS) is 41.0. The van der Waals surface area contributed by atoms with E-state index in [-0.39, 0.29) is 24.2 Å². The molecule has 0 aromatic rings. The van der Waals surface area contributed by atoms with Gasteiger partial charge in [-0.1, -0.05) is 0 Å². The molecule has 0 unspecified atom stereocenters. The lowest BCUT2D eigenvalue weighted by Gasteiger charge is -2.23. The predicted octanol–water partition coefficient (Wildman–Crippen LogP) is 0.143. The SMILES string of the molecule is O=C(NC1CC1)[C@@H]1[C@H](C(=O)O)[C@H]2CC[C@H]1O2. The minimum atomic E-state index is -0.900. The third-order valence-corrected chi connectivity index (χ3v) is 3.78. The number of amides is 1. The molecule has 2 bridgehead atoms. The van der Waals surface area contributed by atoms with E-state index in [4.69, 9.17) is 9.84 Å². The molecule has 0 radical (unpaired) electrons. The van der Waals surface area contributed by atoms with Gasteiger partial charge in [-0.05, 0) is 25.7 Å². The maximum atomic E-state index is 11.9. The number of rotatable bonds is 3. The first kappa shape index (κ1) is 10.1. The van der Waals surface area contributed by atoms with E-state index < -0.39 is 17.8 Å². The molecule has 2 aliphatic heterocycles. The number of carbonyl (C=O) groups excluding carboxylic acids is 1. The Morgan fingerprint density at radius 3 is 2.25 bits per heavy atom. The highest BCUT2D eigenvalue weighted by Crippen LogP contribution is 2.43. The zero-order chi connectivity index (χ0) is 11.3. The predicted molar refractivity (Wildman–Crippen MR) is 53.7 cm³/mol. The van der Waals surface area contributed by atoms with Crippen LogP contribution in [-0.2, 0) is 14.3 Å². The lowest BCUT2D eigenvalue weighted by molar-refractivity contribution is -0.147. The van der Waals surface area contributed by atoms with E-state index in [1.54, 1.807) is 0 Å². The van der Waals surface area contributed by atoms with Gasteiger partial charge in [0, 0.05) is 6.04 Å². The van der Waals surface area contributed by atoms with Crippen molar-refractivity contribution in [1.82, 2.24) is 5.32 Å². The molecule has 1 saturated carbocycles. The standard InChI is InChI=1S/C11H15NO4/c13-10(12-5-1-2-5)8-6-3-4-7(16-6)9(8)11(14)15/h5-9H,1-4H2,(H,12,13)(H,14,15)/t6-,7-,8+,9-/m1/s1. The van der Waals surface area contributed by atoms with Crippen LogP contribution in [0.2, 0.25) is 0 Å². The Bertz CT molecular complexity index is 339. The zero-order valence-corrected chi connectivity index (χ0v) is 8.89. The van der Waals surface area contributed by atoms with Crippen molar-refractivity contribution in [3.05, 3.63) is 0 Å². The number of carboxylic acid groups (broad SMARTS) is 1. The average molecular weight is 225 g/mol. The van der Waals surface area contributed by atoms with E-state index in [0.717, 1.165) is 25.7 Å². The average Bonchev–Trinajstić information content (AvgIpc) is 2.81. The lowest BCUT2D eigenvalue weighted by Crippen LogP contribution is -2.44. The maximum absolute atomic E-state index is 11.9. The van der Waals surface area contributed by atoms with Crippen molar-refractivity contribution in [2.24, 2.45) is 11.8 Å². The molecular weight excluding hydrogens is 210 g/mol. The largest absolute Gasteiger partial charge is 0.481 e. The van der Waals surface area contributed by atoms with Crippen LogP contribution in [0, 0.1) is 11.8 Å². The number of carbonyl (C=O) groups is 2. The molecule has 2 N–H and O–H groups in total. The van der Waals surface area contributed by atoms with Crippen molar-refractivity contribution < 1.29 is 19.4 Å². The summed E-state index contributed by atoms with van der Waals surface area (Å²) in [5.41, 5.74) is 0. The van der Waals surface area contributed by atoms with Gasteiger partial charge in [-0.3, -0.25) is 9.59 Å². The molecule has 1 amide bonds. The fourth-order valence-electron chi connectivity index (χ4n) is 2.85. The van der Waals surface area contributed by atoms with Crippen LogP contribution < -0.4 is 5.32 Å². The second-order valence-electron chi connectivity index (χ2n) is 4.96. The van der Waals surface area contributed by atoms with Gasteiger partial charge in [0.1, 0.15) is 0 Å². The molecule has 5 nitrogen and oxygen atoms in total. The molecule has 1 aliphatic carbocycles. The fraction of sp³-hybridized carbons (Fsp3) is 0.818. The van der Waals surface area contributed by atoms with Gasteiger partial charge in [0.15, 0.2) is 0 Å². The number of ether oxygens (including phenoxy) is 1. The van der Waals surface area contributed by atoms with Gasteiger partial charge in [0.05, 0.1) is 24.0 Å². The third-order valence-electron chi connectivity index (χ3n) is 3.78. The topological polar surface area (TPSA) is 75.6 Å². The first-order chi connectivity index (χ1) is 7.66. The van der Waals surface area contributed by atoms with Crippen LogP contribution in [0.3, 0.4) is 0 Å². The quantitative estimate of drug-likeness (QED) is 0.716. The fourth-order valence-corrected chi connectivity index (χ4v) is 2.85. The van der Waals surface area contributed by atoms with Crippen molar-refractivity contribution in [3.63, 3.8) is 0 Å². The highest BCUT2D eigenvalue weighted by Gasteiger charge is 2.55. The smallest absolute Gasteiger partial charge is 0.310 e. The minimum absolute atomic E-state index is 0.123. The molecule has 16 heavy (non-hydrogen) atoms. The van der Waals surface area contributed by atoms with Crippen molar-refractivity contribution in [3.8, 4) is 0 Å². The Labute approximate surface area is 93.2 Å². The van der Waals surface area contributed by atoms with Gasteiger partial charge in [-0.25, -0.2) is 0 Å². The van der Waals surface area contributed by atoms with Crippen LogP contribution in [0.5, 0.6) is 0 Å². The van der Waals surface area contributed by atoms with Crippen LogP contribution in [0.1, 0.15) is 25.7 Å². The van der Waals surface area contributed by atoms with E-state index in [1.807, 2.05) is 0 Å². The molecule has 2 saturated heterocycles. The minimum Gasteiger partial charge on any atom is -0.481 e. The van der Waals surface area contributed by atoms with Gasteiger partial charge in [-0.15, -0.1) is 0 Å². The molecule has 88 valence electrons. The molecule has 3 rings (SSSR count). The Morgan fingerprint density at radius 1 is 1.06 bits per heavy atom. The van der Waals surface area contributed by atoms with E-state index >= 15 is 0 Å². The zero-order valence-electron chi connectivity index (χ0n) is 8.89. The number of nitrogens with one attached hydrogen (secondary N) is 1. The molecule has 5 heteroatoms. The Hall–Kier alpha value is -1.10. The van der Waals surface area contributed by atoms with Crippen LogP contribution >= 0.6 is 0 Å². The Balaban J connectivity index is 1.75. The van der Waals surface area contributed by atoms with E-state index in [9.17, 15) is 9.59 Å². The summed E-state index contributed by atoms with van der Waals surface area (Å²) in [6, 6.07) is 0.279. The van der Waals surface area contributed by atoms with E-state index in [0.29, 0.717) is 0 Å². The Kier molecular flexibility index (Phi) is 2.17.